The lowest BCUT2D eigenvalue weighted by molar-refractivity contribution is 0.120. The minimum absolute atomic E-state index is 0.240. The largest absolute Gasteiger partial charge is 0.508 e. The third kappa shape index (κ3) is 1.44. The number of rotatable bonds is 0. The molecule has 2 atom stereocenters. The second kappa shape index (κ2) is 3.24. The molecular weight excluding hydrogens is 198 g/mol. The first-order valence-electron chi connectivity index (χ1n) is 6.08. The third-order valence-corrected chi connectivity index (χ3v) is 4.18. The standard InChI is InChI=1S/C14H19NO/c1-14-7-10(8-15(2)9-14)5-11-3-4-12(16)6-13(11)14/h3-4,6,10,16H,5,7-9H2,1-2H3/t10-,14-/m0/s1. The average molecular weight is 217 g/mol. The molecular formula is C14H19NO. The van der Waals surface area contributed by atoms with Gasteiger partial charge in [-0.15, -0.1) is 0 Å². The second-order valence-corrected chi connectivity index (χ2v) is 5.87. The fraction of sp³-hybridized carbons (Fsp3) is 0.571. The zero-order chi connectivity index (χ0) is 11.3. The van der Waals surface area contributed by atoms with Crippen LogP contribution in [-0.2, 0) is 11.8 Å². The van der Waals surface area contributed by atoms with E-state index in [9.17, 15) is 5.11 Å². The molecule has 1 fully saturated rings. The molecule has 0 unspecified atom stereocenters. The van der Waals surface area contributed by atoms with Gasteiger partial charge >= 0.3 is 0 Å². The van der Waals surface area contributed by atoms with Crippen LogP contribution in [-0.4, -0.2) is 30.1 Å². The van der Waals surface area contributed by atoms with Gasteiger partial charge in [-0.3, -0.25) is 0 Å². The zero-order valence-corrected chi connectivity index (χ0v) is 10.0. The molecule has 2 bridgehead atoms. The number of fused-ring (bicyclic) bond motifs is 4. The molecule has 0 amide bonds. The second-order valence-electron chi connectivity index (χ2n) is 5.87. The number of hydrogen-bond acceptors (Lipinski definition) is 2. The van der Waals surface area contributed by atoms with E-state index in [1.165, 1.54) is 30.5 Å². The zero-order valence-electron chi connectivity index (χ0n) is 10.0. The SMILES string of the molecule is CN1C[C@H]2Cc3ccc(O)cc3[C@@](C)(C2)C1. The summed E-state index contributed by atoms with van der Waals surface area (Å²) in [5, 5.41) is 9.65. The maximum absolute atomic E-state index is 9.65. The fourth-order valence-corrected chi connectivity index (χ4v) is 3.81. The lowest BCUT2D eigenvalue weighted by atomic mass is 9.64. The first-order chi connectivity index (χ1) is 7.57. The van der Waals surface area contributed by atoms with Crippen molar-refractivity contribution in [3.63, 3.8) is 0 Å². The van der Waals surface area contributed by atoms with Crippen LogP contribution in [0.15, 0.2) is 18.2 Å². The molecule has 2 nitrogen and oxygen atoms in total. The van der Waals surface area contributed by atoms with Gasteiger partial charge in [0.25, 0.3) is 0 Å². The summed E-state index contributed by atoms with van der Waals surface area (Å²) in [5.41, 5.74) is 3.06. The monoisotopic (exact) mass is 217 g/mol. The van der Waals surface area contributed by atoms with Crippen LogP contribution >= 0.6 is 0 Å². The first kappa shape index (κ1) is 10.2. The van der Waals surface area contributed by atoms with E-state index in [1.54, 1.807) is 0 Å². The summed E-state index contributed by atoms with van der Waals surface area (Å²) < 4.78 is 0. The number of hydrogen-bond donors (Lipinski definition) is 1. The van der Waals surface area contributed by atoms with Crippen molar-refractivity contribution in [1.82, 2.24) is 4.90 Å². The van der Waals surface area contributed by atoms with Crippen molar-refractivity contribution in [1.29, 1.82) is 0 Å². The van der Waals surface area contributed by atoms with E-state index >= 15 is 0 Å². The summed E-state index contributed by atoms with van der Waals surface area (Å²) in [5.74, 6) is 1.20. The molecule has 2 aliphatic rings. The van der Waals surface area contributed by atoms with Crippen LogP contribution < -0.4 is 0 Å². The number of benzene rings is 1. The highest BCUT2D eigenvalue weighted by Gasteiger charge is 2.41. The van der Waals surface area contributed by atoms with Gasteiger partial charge in [0.1, 0.15) is 5.75 Å². The Bertz CT molecular complexity index is 429. The van der Waals surface area contributed by atoms with Crippen LogP contribution in [0, 0.1) is 5.92 Å². The van der Waals surface area contributed by atoms with Gasteiger partial charge in [0, 0.05) is 18.5 Å². The number of aromatic hydroxyl groups is 1. The molecule has 1 aromatic rings. The van der Waals surface area contributed by atoms with Crippen LogP contribution in [0.5, 0.6) is 5.75 Å². The van der Waals surface area contributed by atoms with Gasteiger partial charge in [0.2, 0.25) is 0 Å². The van der Waals surface area contributed by atoms with Crippen molar-refractivity contribution in [2.24, 2.45) is 5.92 Å². The number of piperidine rings is 1. The Kier molecular flexibility index (Phi) is 2.05. The molecule has 16 heavy (non-hydrogen) atoms. The van der Waals surface area contributed by atoms with E-state index in [-0.39, 0.29) is 5.41 Å². The molecule has 1 aliphatic heterocycles. The molecule has 86 valence electrons. The summed E-state index contributed by atoms with van der Waals surface area (Å²) in [4.78, 5) is 2.43. The summed E-state index contributed by atoms with van der Waals surface area (Å²) in [6.07, 6.45) is 2.45. The van der Waals surface area contributed by atoms with E-state index < -0.39 is 0 Å². The highest BCUT2D eigenvalue weighted by molar-refractivity contribution is 5.42. The van der Waals surface area contributed by atoms with Crippen molar-refractivity contribution < 1.29 is 5.11 Å². The Balaban J connectivity index is 2.12. The number of likely N-dealkylation sites (tertiary alicyclic amines) is 1. The van der Waals surface area contributed by atoms with E-state index in [0.717, 1.165) is 12.5 Å². The van der Waals surface area contributed by atoms with E-state index in [0.29, 0.717) is 5.75 Å². The Hall–Kier alpha value is -1.02. The molecule has 1 N–H and O–H groups in total. The Morgan fingerprint density at radius 1 is 1.44 bits per heavy atom. The first-order valence-corrected chi connectivity index (χ1v) is 6.08. The molecule has 3 rings (SSSR count). The average Bonchev–Trinajstić information content (AvgIpc) is 2.18. The fourth-order valence-electron chi connectivity index (χ4n) is 3.81. The molecule has 0 saturated carbocycles. The topological polar surface area (TPSA) is 23.5 Å². The number of likely N-dealkylation sites (N-methyl/N-ethyl adjacent to an activating group) is 1. The highest BCUT2D eigenvalue weighted by Crippen LogP contribution is 2.44. The van der Waals surface area contributed by atoms with Crippen molar-refractivity contribution in [2.75, 3.05) is 20.1 Å². The molecule has 0 aromatic heterocycles. The van der Waals surface area contributed by atoms with E-state index in [4.69, 9.17) is 0 Å². The predicted molar refractivity (Wildman–Crippen MR) is 64.8 cm³/mol. The van der Waals surface area contributed by atoms with Gasteiger partial charge in [-0.25, -0.2) is 0 Å². The number of phenolic OH excluding ortho intramolecular Hbond substituents is 1. The van der Waals surface area contributed by atoms with E-state index in [1.807, 2.05) is 12.1 Å². The summed E-state index contributed by atoms with van der Waals surface area (Å²) in [7, 11) is 2.21. The van der Waals surface area contributed by atoms with Crippen LogP contribution in [0.1, 0.15) is 24.5 Å². The van der Waals surface area contributed by atoms with Crippen LogP contribution in [0.4, 0.5) is 0 Å². The van der Waals surface area contributed by atoms with Crippen molar-refractivity contribution in [3.8, 4) is 5.75 Å². The van der Waals surface area contributed by atoms with Gasteiger partial charge in [-0.05, 0) is 49.1 Å². The van der Waals surface area contributed by atoms with Crippen molar-refractivity contribution in [3.05, 3.63) is 29.3 Å². The normalized spacial score (nSPS) is 33.5. The molecule has 0 radical (unpaired) electrons. The molecule has 2 heteroatoms. The molecule has 1 heterocycles. The van der Waals surface area contributed by atoms with Gasteiger partial charge in [-0.1, -0.05) is 13.0 Å². The van der Waals surface area contributed by atoms with Gasteiger partial charge in [0.05, 0.1) is 0 Å². The number of nitrogens with zero attached hydrogens (tertiary/aromatic N) is 1. The summed E-state index contributed by atoms with van der Waals surface area (Å²) in [6.45, 7) is 4.67. The molecule has 1 aliphatic carbocycles. The maximum Gasteiger partial charge on any atom is 0.115 e. The van der Waals surface area contributed by atoms with Crippen molar-refractivity contribution in [2.45, 2.75) is 25.2 Å². The molecule has 0 spiro atoms. The highest BCUT2D eigenvalue weighted by atomic mass is 16.3. The number of phenols is 1. The minimum Gasteiger partial charge on any atom is -0.508 e. The van der Waals surface area contributed by atoms with Crippen LogP contribution in [0.25, 0.3) is 0 Å². The van der Waals surface area contributed by atoms with Crippen LogP contribution in [0.3, 0.4) is 0 Å². The van der Waals surface area contributed by atoms with Gasteiger partial charge in [-0.2, -0.15) is 0 Å². The summed E-state index contributed by atoms with van der Waals surface area (Å²) in [6, 6.07) is 5.91. The summed E-state index contributed by atoms with van der Waals surface area (Å²) >= 11 is 0. The van der Waals surface area contributed by atoms with Gasteiger partial charge < -0.3 is 10.0 Å². The molecule has 1 aromatic carbocycles. The van der Waals surface area contributed by atoms with Crippen molar-refractivity contribution >= 4 is 0 Å². The Morgan fingerprint density at radius 2 is 2.25 bits per heavy atom. The smallest absolute Gasteiger partial charge is 0.115 e. The Labute approximate surface area is 96.9 Å². The maximum atomic E-state index is 9.65. The lowest BCUT2D eigenvalue weighted by Crippen LogP contribution is -2.50. The third-order valence-electron chi connectivity index (χ3n) is 4.18. The predicted octanol–water partition coefficient (Wildman–Crippen LogP) is 2.16. The quantitative estimate of drug-likeness (QED) is 0.720. The van der Waals surface area contributed by atoms with E-state index in [2.05, 4.69) is 24.9 Å². The van der Waals surface area contributed by atoms with Crippen LogP contribution in [0.2, 0.25) is 0 Å². The lowest BCUT2D eigenvalue weighted by Gasteiger charge is -2.48. The Morgan fingerprint density at radius 3 is 3.06 bits per heavy atom. The van der Waals surface area contributed by atoms with Gasteiger partial charge in [0.15, 0.2) is 0 Å². The molecule has 1 saturated heterocycles. The minimum atomic E-state index is 0.240.